The van der Waals surface area contributed by atoms with Gasteiger partial charge in [-0.15, -0.1) is 0 Å². The van der Waals surface area contributed by atoms with Gasteiger partial charge in [0.15, 0.2) is 0 Å². The molecule has 0 N–H and O–H groups in total. The number of hydrogen-bond acceptors (Lipinski definition) is 3. The second-order valence-electron chi connectivity index (χ2n) is 7.39. The number of halogens is 3. The second-order valence-corrected chi connectivity index (χ2v) is 7.39. The minimum atomic E-state index is -4.52. The summed E-state index contributed by atoms with van der Waals surface area (Å²) in [5.74, 6) is -0.423. The maximum atomic E-state index is 13.4. The van der Waals surface area contributed by atoms with E-state index in [-0.39, 0.29) is 18.5 Å². The molecule has 3 rings (SSSR count). The highest BCUT2D eigenvalue weighted by atomic mass is 19.4. The Morgan fingerprint density at radius 2 is 1.89 bits per heavy atom. The molecule has 1 aliphatic rings. The van der Waals surface area contributed by atoms with Crippen molar-refractivity contribution in [3.63, 3.8) is 0 Å². The van der Waals surface area contributed by atoms with Crippen LogP contribution >= 0.6 is 0 Å². The SMILES string of the molecule is Cc1ccc(OCc2c(C(=O)OC(C)C)cccc2C2CC2)c(C(F)(F)F)c1. The zero-order chi connectivity index (χ0) is 20.5. The van der Waals surface area contributed by atoms with Crippen molar-refractivity contribution < 1.29 is 27.4 Å². The average Bonchev–Trinajstić information content (AvgIpc) is 3.44. The van der Waals surface area contributed by atoms with E-state index in [2.05, 4.69) is 0 Å². The first-order chi connectivity index (χ1) is 13.2. The number of rotatable bonds is 6. The lowest BCUT2D eigenvalue weighted by atomic mass is 9.98. The molecule has 2 aromatic rings. The number of ether oxygens (including phenoxy) is 2. The van der Waals surface area contributed by atoms with Crippen LogP contribution < -0.4 is 4.74 Å². The van der Waals surface area contributed by atoms with E-state index in [0.717, 1.165) is 24.5 Å². The molecule has 1 aliphatic carbocycles. The van der Waals surface area contributed by atoms with Crippen molar-refractivity contribution in [1.29, 1.82) is 0 Å². The molecule has 0 amide bonds. The average molecular weight is 392 g/mol. The highest BCUT2D eigenvalue weighted by molar-refractivity contribution is 5.91. The minimum absolute atomic E-state index is 0.124. The molecule has 0 unspecified atom stereocenters. The van der Waals surface area contributed by atoms with E-state index in [1.54, 1.807) is 39.0 Å². The summed E-state index contributed by atoms with van der Waals surface area (Å²) < 4.78 is 51.0. The van der Waals surface area contributed by atoms with E-state index >= 15 is 0 Å². The molecule has 0 bridgehead atoms. The van der Waals surface area contributed by atoms with Gasteiger partial charge in [0.25, 0.3) is 0 Å². The number of carbonyl (C=O) groups excluding carboxylic acids is 1. The minimum Gasteiger partial charge on any atom is -0.488 e. The lowest BCUT2D eigenvalue weighted by molar-refractivity contribution is -0.139. The standard InChI is InChI=1S/C22H23F3O3/c1-13(2)28-21(26)17-6-4-5-16(15-8-9-15)18(17)12-27-20-10-7-14(3)11-19(20)22(23,24)25/h4-7,10-11,13,15H,8-9,12H2,1-3H3. The fourth-order valence-electron chi connectivity index (χ4n) is 3.15. The van der Waals surface area contributed by atoms with Gasteiger partial charge in [0, 0.05) is 5.56 Å². The zero-order valence-electron chi connectivity index (χ0n) is 16.1. The summed E-state index contributed by atoms with van der Waals surface area (Å²) in [5, 5.41) is 0. The molecule has 0 spiro atoms. The molecule has 6 heteroatoms. The van der Waals surface area contributed by atoms with Crippen LogP contribution in [0.5, 0.6) is 5.75 Å². The Kier molecular flexibility index (Phi) is 5.68. The Morgan fingerprint density at radius 1 is 1.18 bits per heavy atom. The molecule has 0 saturated heterocycles. The van der Waals surface area contributed by atoms with E-state index < -0.39 is 17.7 Å². The fourth-order valence-corrected chi connectivity index (χ4v) is 3.15. The van der Waals surface area contributed by atoms with Gasteiger partial charge in [0.05, 0.1) is 17.2 Å². The topological polar surface area (TPSA) is 35.5 Å². The van der Waals surface area contributed by atoms with Crippen molar-refractivity contribution in [2.75, 3.05) is 0 Å². The van der Waals surface area contributed by atoms with Crippen LogP contribution in [0.3, 0.4) is 0 Å². The molecule has 0 aliphatic heterocycles. The maximum Gasteiger partial charge on any atom is 0.419 e. The Morgan fingerprint density at radius 3 is 2.50 bits per heavy atom. The third-order valence-electron chi connectivity index (χ3n) is 4.60. The van der Waals surface area contributed by atoms with Crippen LogP contribution in [0, 0.1) is 6.92 Å². The Hall–Kier alpha value is -2.50. The fraction of sp³-hybridized carbons (Fsp3) is 0.409. The van der Waals surface area contributed by atoms with Crippen LogP contribution in [0.2, 0.25) is 0 Å². The smallest absolute Gasteiger partial charge is 0.419 e. The molecule has 1 fully saturated rings. The summed E-state index contributed by atoms with van der Waals surface area (Å²) in [6, 6.07) is 9.28. The van der Waals surface area contributed by atoms with Crippen LogP contribution in [0.1, 0.15) is 65.2 Å². The van der Waals surface area contributed by atoms with Gasteiger partial charge >= 0.3 is 12.1 Å². The number of aryl methyl sites for hydroxylation is 1. The molecular formula is C22H23F3O3. The number of carbonyl (C=O) groups is 1. The normalized spacial score (nSPS) is 14.2. The van der Waals surface area contributed by atoms with E-state index in [9.17, 15) is 18.0 Å². The first kappa shape index (κ1) is 20.2. The molecule has 1 saturated carbocycles. The van der Waals surface area contributed by atoms with Crippen molar-refractivity contribution in [3.8, 4) is 5.75 Å². The van der Waals surface area contributed by atoms with Crippen LogP contribution in [0.25, 0.3) is 0 Å². The van der Waals surface area contributed by atoms with Crippen LogP contribution in [-0.4, -0.2) is 12.1 Å². The molecule has 0 radical (unpaired) electrons. The third-order valence-corrected chi connectivity index (χ3v) is 4.60. The number of esters is 1. The number of hydrogen-bond donors (Lipinski definition) is 0. The predicted octanol–water partition coefficient (Wildman–Crippen LogP) is 6.04. The zero-order valence-corrected chi connectivity index (χ0v) is 16.1. The maximum absolute atomic E-state index is 13.4. The summed E-state index contributed by atoms with van der Waals surface area (Å²) in [6.07, 6.45) is -2.82. The second kappa shape index (κ2) is 7.86. The predicted molar refractivity (Wildman–Crippen MR) is 99.5 cm³/mol. The van der Waals surface area contributed by atoms with Gasteiger partial charge < -0.3 is 9.47 Å². The van der Waals surface area contributed by atoms with Gasteiger partial charge in [-0.1, -0.05) is 23.8 Å². The van der Waals surface area contributed by atoms with Gasteiger partial charge in [-0.3, -0.25) is 0 Å². The Bertz CT molecular complexity index is 868. The number of benzene rings is 2. The monoisotopic (exact) mass is 392 g/mol. The molecule has 0 atom stereocenters. The molecule has 0 aromatic heterocycles. The van der Waals surface area contributed by atoms with Crippen molar-refractivity contribution in [2.24, 2.45) is 0 Å². The summed E-state index contributed by atoms with van der Waals surface area (Å²) in [4.78, 5) is 12.5. The Balaban J connectivity index is 1.93. The summed E-state index contributed by atoms with van der Waals surface area (Å²) in [6.45, 7) is 4.98. The van der Waals surface area contributed by atoms with E-state index in [1.807, 2.05) is 6.07 Å². The van der Waals surface area contributed by atoms with Gasteiger partial charge in [-0.25, -0.2) is 4.79 Å². The largest absolute Gasteiger partial charge is 0.488 e. The third kappa shape index (κ3) is 4.66. The highest BCUT2D eigenvalue weighted by Crippen LogP contribution is 2.43. The van der Waals surface area contributed by atoms with Crippen LogP contribution in [0.15, 0.2) is 36.4 Å². The van der Waals surface area contributed by atoms with Gasteiger partial charge in [-0.2, -0.15) is 13.2 Å². The molecule has 3 nitrogen and oxygen atoms in total. The van der Waals surface area contributed by atoms with E-state index in [0.29, 0.717) is 22.6 Å². The quantitative estimate of drug-likeness (QED) is 0.563. The lowest BCUT2D eigenvalue weighted by Crippen LogP contribution is -2.16. The van der Waals surface area contributed by atoms with Crippen LogP contribution in [0.4, 0.5) is 13.2 Å². The Labute approximate surface area is 162 Å². The first-order valence-corrected chi connectivity index (χ1v) is 9.30. The van der Waals surface area contributed by atoms with Crippen molar-refractivity contribution in [3.05, 3.63) is 64.2 Å². The van der Waals surface area contributed by atoms with Crippen LogP contribution in [-0.2, 0) is 17.5 Å². The van der Waals surface area contributed by atoms with E-state index in [4.69, 9.17) is 9.47 Å². The molecule has 150 valence electrons. The van der Waals surface area contributed by atoms with Crippen molar-refractivity contribution in [2.45, 2.75) is 58.4 Å². The van der Waals surface area contributed by atoms with E-state index in [1.165, 1.54) is 6.07 Å². The molecule has 0 heterocycles. The van der Waals surface area contributed by atoms with Crippen molar-refractivity contribution >= 4 is 5.97 Å². The first-order valence-electron chi connectivity index (χ1n) is 9.30. The van der Waals surface area contributed by atoms with Gasteiger partial charge in [0.2, 0.25) is 0 Å². The molecule has 28 heavy (non-hydrogen) atoms. The molecular weight excluding hydrogens is 369 g/mol. The van der Waals surface area contributed by atoms with Crippen molar-refractivity contribution in [1.82, 2.24) is 0 Å². The summed E-state index contributed by atoms with van der Waals surface area (Å²) in [7, 11) is 0. The lowest BCUT2D eigenvalue weighted by Gasteiger charge is -2.18. The van der Waals surface area contributed by atoms with Gasteiger partial charge in [-0.05, 0) is 63.3 Å². The van der Waals surface area contributed by atoms with Gasteiger partial charge in [0.1, 0.15) is 12.4 Å². The molecule has 2 aromatic carbocycles. The highest BCUT2D eigenvalue weighted by Gasteiger charge is 2.35. The summed E-state index contributed by atoms with van der Waals surface area (Å²) in [5.41, 5.74) is 1.57. The number of alkyl halides is 3. The summed E-state index contributed by atoms with van der Waals surface area (Å²) >= 11 is 0.